The molecule has 0 saturated carbocycles. The molecule has 0 fully saturated rings. The van der Waals surface area contributed by atoms with Crippen LogP contribution in [0.3, 0.4) is 0 Å². The van der Waals surface area contributed by atoms with Gasteiger partial charge in [-0.05, 0) is 80.3 Å². The van der Waals surface area contributed by atoms with E-state index in [0.717, 1.165) is 6.42 Å². The summed E-state index contributed by atoms with van der Waals surface area (Å²) in [6.45, 7) is 2.53. The number of halogens is 2. The van der Waals surface area contributed by atoms with E-state index in [0.29, 0.717) is 28.9 Å². The van der Waals surface area contributed by atoms with Gasteiger partial charge in [0, 0.05) is 11.4 Å². The van der Waals surface area contributed by atoms with Crippen molar-refractivity contribution >= 4 is 63.6 Å². The van der Waals surface area contributed by atoms with Crippen molar-refractivity contribution < 1.29 is 19.2 Å². The summed E-state index contributed by atoms with van der Waals surface area (Å²) in [4.78, 5) is 49.4. The zero-order chi connectivity index (χ0) is 31.6. The van der Waals surface area contributed by atoms with Crippen LogP contribution in [0.5, 0.6) is 0 Å². The van der Waals surface area contributed by atoms with E-state index in [1.165, 1.54) is 13.8 Å². The number of nitrogens with zero attached hydrogens (tertiary/aromatic N) is 4. The highest BCUT2D eigenvalue weighted by molar-refractivity contribution is 6.34. The first kappa shape index (κ1) is 32.1. The van der Waals surface area contributed by atoms with Crippen molar-refractivity contribution in [3.63, 3.8) is 0 Å². The SMILES string of the molecule is CC(=O)C(N=Nc1ccc(-c2ccc(N=NC(C(C)=O)C(=O)Nc3ccccc3)c(Cl)c2)cc1Cl)C(=O)NC1=CC=CCC1. The molecule has 2 N–H and O–H groups in total. The number of rotatable bonds is 11. The number of carbonyl (C=O) groups is 4. The Morgan fingerprint density at radius 2 is 1.25 bits per heavy atom. The molecule has 0 saturated heterocycles. The minimum Gasteiger partial charge on any atom is -0.327 e. The Bertz CT molecular complexity index is 1700. The molecule has 2 unspecified atom stereocenters. The molecule has 0 bridgehead atoms. The molecule has 224 valence electrons. The van der Waals surface area contributed by atoms with E-state index in [-0.39, 0.29) is 21.4 Å². The molecule has 10 nitrogen and oxygen atoms in total. The number of Topliss-reactive ketones (excluding diaryl/α,β-unsaturated/α-hetero) is 2. The van der Waals surface area contributed by atoms with Crippen molar-refractivity contribution in [3.05, 3.63) is 101 Å². The molecule has 0 aromatic heterocycles. The van der Waals surface area contributed by atoms with E-state index in [1.54, 1.807) is 72.8 Å². The van der Waals surface area contributed by atoms with Crippen LogP contribution in [0.2, 0.25) is 10.0 Å². The fourth-order valence-corrected chi connectivity index (χ4v) is 4.51. The molecule has 0 spiro atoms. The lowest BCUT2D eigenvalue weighted by molar-refractivity contribution is -0.129. The van der Waals surface area contributed by atoms with Crippen LogP contribution in [0.1, 0.15) is 26.7 Å². The summed E-state index contributed by atoms with van der Waals surface area (Å²) in [6.07, 6.45) is 7.07. The molecule has 44 heavy (non-hydrogen) atoms. The van der Waals surface area contributed by atoms with Crippen LogP contribution in [0.25, 0.3) is 11.1 Å². The van der Waals surface area contributed by atoms with Crippen molar-refractivity contribution in [1.29, 1.82) is 0 Å². The van der Waals surface area contributed by atoms with E-state index in [9.17, 15) is 19.2 Å². The van der Waals surface area contributed by atoms with Crippen LogP contribution >= 0.6 is 23.2 Å². The second-order valence-corrected chi connectivity index (χ2v) is 10.6. The molecular formula is C32H28Cl2N6O4. The summed E-state index contributed by atoms with van der Waals surface area (Å²) < 4.78 is 0. The van der Waals surface area contributed by atoms with Gasteiger partial charge in [-0.3, -0.25) is 19.2 Å². The molecule has 1 aliphatic rings. The Hall–Kier alpha value is -4.80. The first-order valence-corrected chi connectivity index (χ1v) is 14.3. The molecule has 1 aliphatic carbocycles. The number of ketones is 2. The summed E-state index contributed by atoms with van der Waals surface area (Å²) >= 11 is 12.9. The predicted molar refractivity (Wildman–Crippen MR) is 170 cm³/mol. The molecule has 12 heteroatoms. The third-order valence-corrected chi connectivity index (χ3v) is 7.00. The van der Waals surface area contributed by atoms with Crippen LogP contribution in [0.4, 0.5) is 17.1 Å². The molecule has 4 rings (SSSR count). The van der Waals surface area contributed by atoms with Crippen LogP contribution in [0, 0.1) is 0 Å². The quantitative estimate of drug-likeness (QED) is 0.165. The zero-order valence-electron chi connectivity index (χ0n) is 23.8. The van der Waals surface area contributed by atoms with Crippen molar-refractivity contribution in [2.45, 2.75) is 38.8 Å². The first-order chi connectivity index (χ1) is 21.1. The Morgan fingerprint density at radius 1 is 0.727 bits per heavy atom. The molecule has 3 aromatic rings. The fourth-order valence-electron chi connectivity index (χ4n) is 4.08. The van der Waals surface area contributed by atoms with Gasteiger partial charge in [-0.15, -0.1) is 0 Å². The topological polar surface area (TPSA) is 142 Å². The van der Waals surface area contributed by atoms with Gasteiger partial charge < -0.3 is 10.6 Å². The Balaban J connectivity index is 1.46. The number of hydrogen-bond donors (Lipinski definition) is 2. The molecule has 2 atom stereocenters. The second kappa shape index (κ2) is 15.1. The average molecular weight is 632 g/mol. The maximum Gasteiger partial charge on any atom is 0.258 e. The highest BCUT2D eigenvalue weighted by atomic mass is 35.5. The van der Waals surface area contributed by atoms with Gasteiger partial charge in [0.1, 0.15) is 11.4 Å². The minimum absolute atomic E-state index is 0.232. The Morgan fingerprint density at radius 3 is 1.70 bits per heavy atom. The lowest BCUT2D eigenvalue weighted by atomic mass is 10.0. The maximum absolute atomic E-state index is 12.6. The van der Waals surface area contributed by atoms with Gasteiger partial charge in [0.05, 0.1) is 10.0 Å². The summed E-state index contributed by atoms with van der Waals surface area (Å²) in [6, 6.07) is 16.0. The van der Waals surface area contributed by atoms with Crippen LogP contribution in [-0.4, -0.2) is 35.5 Å². The fraction of sp³-hybridized carbons (Fsp3) is 0.188. The van der Waals surface area contributed by atoms with Crippen LogP contribution < -0.4 is 10.6 Å². The lowest BCUT2D eigenvalue weighted by Crippen LogP contribution is -2.37. The average Bonchev–Trinajstić information content (AvgIpc) is 2.99. The van der Waals surface area contributed by atoms with Crippen molar-refractivity contribution in [3.8, 4) is 11.1 Å². The number of carbonyl (C=O) groups excluding carboxylic acids is 4. The Labute approximate surface area is 264 Å². The van der Waals surface area contributed by atoms with Crippen LogP contribution in [0.15, 0.2) is 111 Å². The molecule has 3 aromatic carbocycles. The normalized spacial score (nSPS) is 14.2. The Kier molecular flexibility index (Phi) is 11.0. The van der Waals surface area contributed by atoms with Crippen molar-refractivity contribution in [2.24, 2.45) is 20.5 Å². The van der Waals surface area contributed by atoms with Gasteiger partial charge in [0.2, 0.25) is 12.1 Å². The van der Waals surface area contributed by atoms with Gasteiger partial charge in [-0.1, -0.05) is 65.7 Å². The summed E-state index contributed by atoms with van der Waals surface area (Å²) in [5.74, 6) is -2.10. The van der Waals surface area contributed by atoms with E-state index in [2.05, 4.69) is 31.1 Å². The monoisotopic (exact) mass is 630 g/mol. The van der Waals surface area contributed by atoms with E-state index >= 15 is 0 Å². The van der Waals surface area contributed by atoms with Crippen molar-refractivity contribution in [1.82, 2.24) is 5.32 Å². The van der Waals surface area contributed by atoms with Gasteiger partial charge in [0.15, 0.2) is 11.6 Å². The molecule has 0 aliphatic heterocycles. The summed E-state index contributed by atoms with van der Waals surface area (Å²) in [7, 11) is 0. The number of allylic oxidation sites excluding steroid dienone is 4. The smallest absolute Gasteiger partial charge is 0.258 e. The van der Waals surface area contributed by atoms with Gasteiger partial charge in [-0.25, -0.2) is 0 Å². The standard InChI is InChI=1S/C32H28Cl2N6O4/c1-19(41)29(31(43)35-23-9-5-3-6-10-23)39-37-27-15-13-21(17-25(27)33)22-14-16-28(26(34)18-22)38-40-30(20(2)42)32(44)36-24-11-7-4-8-12-24/h3-7,9-11,13-18,29-30H,8,12H2,1-2H3,(H,35,43)(H,36,44). The number of anilines is 1. The number of azo groups is 2. The van der Waals surface area contributed by atoms with Crippen LogP contribution in [-0.2, 0) is 19.2 Å². The molecular weight excluding hydrogens is 603 g/mol. The van der Waals surface area contributed by atoms with E-state index in [1.807, 2.05) is 12.2 Å². The second-order valence-electron chi connectivity index (χ2n) is 9.79. The number of nitrogens with one attached hydrogen (secondary N) is 2. The predicted octanol–water partition coefficient (Wildman–Crippen LogP) is 7.73. The highest BCUT2D eigenvalue weighted by Gasteiger charge is 2.25. The number of benzene rings is 3. The van der Waals surface area contributed by atoms with E-state index in [4.69, 9.17) is 23.2 Å². The summed E-state index contributed by atoms with van der Waals surface area (Å²) in [5.41, 5.74) is 3.16. The molecule has 2 amide bonds. The van der Waals surface area contributed by atoms with Gasteiger partial charge >= 0.3 is 0 Å². The number of hydrogen-bond acceptors (Lipinski definition) is 8. The minimum atomic E-state index is -1.35. The summed E-state index contributed by atoms with van der Waals surface area (Å²) in [5, 5.41) is 21.9. The highest BCUT2D eigenvalue weighted by Crippen LogP contribution is 2.35. The van der Waals surface area contributed by atoms with Crippen molar-refractivity contribution in [2.75, 3.05) is 5.32 Å². The third kappa shape index (κ3) is 8.62. The lowest BCUT2D eigenvalue weighted by Gasteiger charge is -2.13. The maximum atomic E-state index is 12.6. The first-order valence-electron chi connectivity index (χ1n) is 13.6. The largest absolute Gasteiger partial charge is 0.327 e. The van der Waals surface area contributed by atoms with E-state index < -0.39 is 35.5 Å². The number of amides is 2. The number of para-hydroxylation sites is 1. The van der Waals surface area contributed by atoms with Gasteiger partial charge in [-0.2, -0.15) is 20.5 Å². The zero-order valence-corrected chi connectivity index (χ0v) is 25.3. The third-order valence-electron chi connectivity index (χ3n) is 6.40. The molecule has 0 radical (unpaired) electrons. The van der Waals surface area contributed by atoms with Gasteiger partial charge in [0.25, 0.3) is 11.8 Å². The molecule has 0 heterocycles.